The van der Waals surface area contributed by atoms with Crippen molar-refractivity contribution in [2.45, 2.75) is 111 Å². The maximum absolute atomic E-state index is 11.8. The van der Waals surface area contributed by atoms with Crippen LogP contribution in [0.4, 0.5) is 0 Å². The molecule has 224 valence electrons. The first-order valence-electron chi connectivity index (χ1n) is 16.8. The van der Waals surface area contributed by atoms with Crippen molar-refractivity contribution >= 4 is 5.57 Å². The molecule has 0 bridgehead atoms. The van der Waals surface area contributed by atoms with Gasteiger partial charge in [-0.2, -0.15) is 0 Å². The average Bonchev–Trinajstić information content (AvgIpc) is 3.30. The summed E-state index contributed by atoms with van der Waals surface area (Å²) >= 11 is 0. The predicted molar refractivity (Wildman–Crippen MR) is 172 cm³/mol. The van der Waals surface area contributed by atoms with Gasteiger partial charge in [-0.05, 0) is 121 Å². The standard InChI is InChI=1S/C39H56O2/c1-6-33-36-26-32(40)22-24-38(36,4)28(3)21-23-39(5)31(25-37(33)41)18-20-35(39)27(2)17-19-34(29-13-9-7-10-14-29)30-15-11-8-12-16-30/h7-16,19,27-28,31-33,35-37,40-41H,6,17-18,20-26H2,1-5H3/t27-,28?,31?,32-,33-,35-,36?,37+,38-,39+/m1/s1. The minimum atomic E-state index is -0.263. The number of allylic oxidation sites excluding steroid dienone is 1. The Labute approximate surface area is 250 Å². The zero-order chi connectivity index (χ0) is 29.2. The summed E-state index contributed by atoms with van der Waals surface area (Å²) in [4.78, 5) is 0. The van der Waals surface area contributed by atoms with Gasteiger partial charge >= 0.3 is 0 Å². The van der Waals surface area contributed by atoms with E-state index in [1.54, 1.807) is 0 Å². The molecule has 3 saturated carbocycles. The molecule has 2 nitrogen and oxygen atoms in total. The summed E-state index contributed by atoms with van der Waals surface area (Å²) in [6.45, 7) is 12.4. The van der Waals surface area contributed by atoms with Crippen LogP contribution in [0.3, 0.4) is 0 Å². The van der Waals surface area contributed by atoms with Gasteiger partial charge < -0.3 is 10.2 Å². The number of aliphatic hydroxyl groups excluding tert-OH is 2. The minimum absolute atomic E-state index is 0.198. The Morgan fingerprint density at radius 2 is 1.46 bits per heavy atom. The van der Waals surface area contributed by atoms with E-state index in [-0.39, 0.29) is 23.0 Å². The molecule has 3 unspecified atom stereocenters. The first-order chi connectivity index (χ1) is 19.7. The summed E-state index contributed by atoms with van der Waals surface area (Å²) in [6.07, 6.45) is 13.0. The van der Waals surface area contributed by atoms with Crippen molar-refractivity contribution in [1.29, 1.82) is 0 Å². The van der Waals surface area contributed by atoms with E-state index in [4.69, 9.17) is 0 Å². The second kappa shape index (κ2) is 12.8. The van der Waals surface area contributed by atoms with Crippen LogP contribution >= 0.6 is 0 Å². The lowest BCUT2D eigenvalue weighted by molar-refractivity contribution is -0.0926. The average molecular weight is 557 g/mol. The number of fused-ring (bicyclic) bond motifs is 2. The van der Waals surface area contributed by atoms with Crippen molar-refractivity contribution in [3.8, 4) is 0 Å². The van der Waals surface area contributed by atoms with Gasteiger partial charge in [0.25, 0.3) is 0 Å². The van der Waals surface area contributed by atoms with Gasteiger partial charge in [0.15, 0.2) is 0 Å². The van der Waals surface area contributed by atoms with Gasteiger partial charge in [-0.1, -0.05) is 108 Å². The molecular weight excluding hydrogens is 500 g/mol. The third-order valence-electron chi connectivity index (χ3n) is 12.8. The van der Waals surface area contributed by atoms with Crippen molar-refractivity contribution in [2.75, 3.05) is 0 Å². The number of benzene rings is 2. The van der Waals surface area contributed by atoms with Crippen molar-refractivity contribution in [2.24, 2.45) is 46.3 Å². The van der Waals surface area contributed by atoms with Crippen LogP contribution in [0.5, 0.6) is 0 Å². The van der Waals surface area contributed by atoms with Gasteiger partial charge in [0.1, 0.15) is 0 Å². The second-order valence-corrected chi connectivity index (χ2v) is 14.8. The molecule has 0 radical (unpaired) electrons. The Kier molecular flexibility index (Phi) is 9.51. The van der Waals surface area contributed by atoms with Crippen LogP contribution in [0.15, 0.2) is 66.7 Å². The zero-order valence-electron chi connectivity index (χ0n) is 26.4. The molecule has 3 fully saturated rings. The van der Waals surface area contributed by atoms with E-state index in [2.05, 4.69) is 101 Å². The zero-order valence-corrected chi connectivity index (χ0v) is 26.4. The van der Waals surface area contributed by atoms with E-state index in [1.165, 1.54) is 42.4 Å². The van der Waals surface area contributed by atoms with E-state index in [9.17, 15) is 10.2 Å². The Morgan fingerprint density at radius 1 is 0.854 bits per heavy atom. The van der Waals surface area contributed by atoms with Crippen molar-refractivity contribution in [1.82, 2.24) is 0 Å². The van der Waals surface area contributed by atoms with Gasteiger partial charge in [-0.3, -0.25) is 0 Å². The molecule has 0 aromatic heterocycles. The number of hydrogen-bond donors (Lipinski definition) is 2. The molecule has 10 atom stereocenters. The fourth-order valence-corrected chi connectivity index (χ4v) is 9.93. The first-order valence-corrected chi connectivity index (χ1v) is 16.8. The van der Waals surface area contributed by atoms with Crippen LogP contribution in [0, 0.1) is 46.3 Å². The lowest BCUT2D eigenvalue weighted by Gasteiger charge is -2.53. The number of hydrogen-bond acceptors (Lipinski definition) is 2. The van der Waals surface area contributed by atoms with Gasteiger partial charge in [0, 0.05) is 0 Å². The third kappa shape index (κ3) is 6.12. The Morgan fingerprint density at radius 3 is 2.07 bits per heavy atom. The van der Waals surface area contributed by atoms with Gasteiger partial charge in [-0.25, -0.2) is 0 Å². The highest BCUT2D eigenvalue weighted by molar-refractivity contribution is 5.79. The molecule has 2 N–H and O–H groups in total. The highest BCUT2D eigenvalue weighted by Gasteiger charge is 2.53. The van der Waals surface area contributed by atoms with E-state index in [1.807, 2.05) is 0 Å². The molecule has 2 aromatic carbocycles. The molecule has 0 aliphatic heterocycles. The van der Waals surface area contributed by atoms with Crippen LogP contribution in [-0.4, -0.2) is 22.4 Å². The summed E-state index contributed by atoms with van der Waals surface area (Å²) in [5, 5.41) is 22.5. The largest absolute Gasteiger partial charge is 0.393 e. The fraction of sp³-hybridized carbons (Fsp3) is 0.641. The monoisotopic (exact) mass is 556 g/mol. The van der Waals surface area contributed by atoms with Gasteiger partial charge in [0.2, 0.25) is 0 Å². The normalized spacial score (nSPS) is 38.4. The third-order valence-corrected chi connectivity index (χ3v) is 12.8. The van der Waals surface area contributed by atoms with E-state index >= 15 is 0 Å². The van der Waals surface area contributed by atoms with Crippen LogP contribution in [0.2, 0.25) is 0 Å². The van der Waals surface area contributed by atoms with E-state index in [0.717, 1.165) is 38.5 Å². The minimum Gasteiger partial charge on any atom is -0.393 e. The Bertz CT molecular complexity index is 1100. The highest BCUT2D eigenvalue weighted by Crippen LogP contribution is 2.60. The molecule has 0 saturated heterocycles. The molecule has 0 heterocycles. The number of aliphatic hydroxyl groups is 2. The first kappa shape index (κ1) is 30.6. The lowest BCUT2D eigenvalue weighted by atomic mass is 9.52. The van der Waals surface area contributed by atoms with E-state index < -0.39 is 0 Å². The number of rotatable bonds is 6. The Balaban J connectivity index is 1.41. The maximum Gasteiger partial charge on any atom is 0.0574 e. The van der Waals surface area contributed by atoms with Crippen LogP contribution in [-0.2, 0) is 0 Å². The summed E-state index contributed by atoms with van der Waals surface area (Å²) in [6, 6.07) is 21.7. The van der Waals surface area contributed by atoms with Crippen LogP contribution in [0.25, 0.3) is 5.57 Å². The van der Waals surface area contributed by atoms with Crippen LogP contribution < -0.4 is 0 Å². The van der Waals surface area contributed by atoms with Crippen molar-refractivity contribution in [3.63, 3.8) is 0 Å². The van der Waals surface area contributed by atoms with Crippen molar-refractivity contribution < 1.29 is 10.2 Å². The van der Waals surface area contributed by atoms with E-state index in [0.29, 0.717) is 35.5 Å². The SMILES string of the molecule is CC[C@@H]1C2C[C@H](O)CC[C@]2(C)C(C)CC[C@@]2(C)C(CC[C@@H]2[C@H](C)CC=C(c2ccccc2)c2ccccc2)C[C@@H]1O. The molecule has 2 heteroatoms. The molecule has 0 spiro atoms. The molecule has 3 aliphatic carbocycles. The summed E-state index contributed by atoms with van der Waals surface area (Å²) in [5.41, 5.74) is 4.40. The van der Waals surface area contributed by atoms with Gasteiger partial charge in [0.05, 0.1) is 12.2 Å². The summed E-state index contributed by atoms with van der Waals surface area (Å²) < 4.78 is 0. The summed E-state index contributed by atoms with van der Waals surface area (Å²) in [5.74, 6) is 3.16. The molecule has 5 rings (SSSR count). The topological polar surface area (TPSA) is 40.5 Å². The van der Waals surface area contributed by atoms with Crippen molar-refractivity contribution in [3.05, 3.63) is 77.9 Å². The second-order valence-electron chi connectivity index (χ2n) is 14.8. The lowest BCUT2D eigenvalue weighted by Crippen LogP contribution is -2.49. The summed E-state index contributed by atoms with van der Waals surface area (Å²) in [7, 11) is 0. The molecule has 0 amide bonds. The van der Waals surface area contributed by atoms with Crippen LogP contribution in [0.1, 0.15) is 110 Å². The fourth-order valence-electron chi connectivity index (χ4n) is 9.93. The maximum atomic E-state index is 11.8. The molecule has 3 aliphatic rings. The highest BCUT2D eigenvalue weighted by atomic mass is 16.3. The van der Waals surface area contributed by atoms with Gasteiger partial charge in [-0.15, -0.1) is 0 Å². The molecular formula is C39H56O2. The molecule has 41 heavy (non-hydrogen) atoms. The Hall–Kier alpha value is -1.90. The quantitative estimate of drug-likeness (QED) is 0.372. The predicted octanol–water partition coefficient (Wildman–Crippen LogP) is 9.55. The smallest absolute Gasteiger partial charge is 0.0574 e. The molecule has 2 aromatic rings.